The van der Waals surface area contributed by atoms with Crippen LogP contribution in [0.1, 0.15) is 10.6 Å². The molecule has 19 heavy (non-hydrogen) atoms. The highest BCUT2D eigenvalue weighted by Crippen LogP contribution is 2.26. The van der Waals surface area contributed by atoms with Gasteiger partial charge in [0.15, 0.2) is 0 Å². The van der Waals surface area contributed by atoms with Gasteiger partial charge in [-0.05, 0) is 37.3 Å². The molecule has 0 aliphatic rings. The number of thiazole rings is 1. The highest BCUT2D eigenvalue weighted by Gasteiger charge is 2.01. The van der Waals surface area contributed by atoms with Crippen molar-refractivity contribution in [1.82, 2.24) is 4.98 Å². The fourth-order valence-corrected chi connectivity index (χ4v) is 2.66. The number of fused-ring (bicyclic) bond motifs is 1. The number of aromatic hydroxyl groups is 1. The molecule has 0 spiro atoms. The van der Waals surface area contributed by atoms with E-state index in [4.69, 9.17) is 0 Å². The predicted octanol–water partition coefficient (Wildman–Crippen LogP) is 4.06. The SMILES string of the molecule is Cc1nc2cc(N=Cc3ccccc3O)ccc2s1. The smallest absolute Gasteiger partial charge is 0.124 e. The van der Waals surface area contributed by atoms with Gasteiger partial charge in [-0.15, -0.1) is 11.3 Å². The van der Waals surface area contributed by atoms with Gasteiger partial charge in [0.1, 0.15) is 5.75 Å². The van der Waals surface area contributed by atoms with Crippen LogP contribution in [0.15, 0.2) is 47.5 Å². The first-order valence-electron chi connectivity index (χ1n) is 5.91. The number of benzene rings is 2. The van der Waals surface area contributed by atoms with E-state index in [1.54, 1.807) is 29.7 Å². The summed E-state index contributed by atoms with van der Waals surface area (Å²) in [6.45, 7) is 2.00. The number of para-hydroxylation sites is 1. The third-order valence-electron chi connectivity index (χ3n) is 2.77. The van der Waals surface area contributed by atoms with Gasteiger partial charge in [-0.2, -0.15) is 0 Å². The van der Waals surface area contributed by atoms with Gasteiger partial charge in [0.25, 0.3) is 0 Å². The number of phenols is 1. The molecule has 0 radical (unpaired) electrons. The van der Waals surface area contributed by atoms with Crippen molar-refractivity contribution in [3.05, 3.63) is 53.0 Å². The van der Waals surface area contributed by atoms with Crippen molar-refractivity contribution in [2.24, 2.45) is 4.99 Å². The molecule has 0 unspecified atom stereocenters. The standard InChI is InChI=1S/C15H12N2OS/c1-10-17-13-8-12(6-7-15(13)19-10)16-9-11-4-2-3-5-14(11)18/h2-9,18H,1H3. The van der Waals surface area contributed by atoms with E-state index >= 15 is 0 Å². The minimum atomic E-state index is 0.233. The number of phenolic OH excluding ortho intramolecular Hbond substituents is 1. The van der Waals surface area contributed by atoms with Gasteiger partial charge < -0.3 is 5.11 Å². The lowest BCUT2D eigenvalue weighted by atomic mass is 10.2. The summed E-state index contributed by atoms with van der Waals surface area (Å²) >= 11 is 1.67. The highest BCUT2D eigenvalue weighted by molar-refractivity contribution is 7.18. The van der Waals surface area contributed by atoms with Crippen LogP contribution in [-0.4, -0.2) is 16.3 Å². The number of hydrogen-bond donors (Lipinski definition) is 1. The molecule has 1 N–H and O–H groups in total. The summed E-state index contributed by atoms with van der Waals surface area (Å²) in [6, 6.07) is 13.1. The topological polar surface area (TPSA) is 45.5 Å². The zero-order valence-corrected chi connectivity index (χ0v) is 11.2. The molecule has 3 nitrogen and oxygen atoms in total. The van der Waals surface area contributed by atoms with Gasteiger partial charge in [0, 0.05) is 11.8 Å². The van der Waals surface area contributed by atoms with Crippen LogP contribution >= 0.6 is 11.3 Å². The maximum Gasteiger partial charge on any atom is 0.124 e. The molecule has 3 aromatic rings. The Morgan fingerprint density at radius 1 is 1.21 bits per heavy atom. The van der Waals surface area contributed by atoms with E-state index in [1.165, 1.54) is 4.70 Å². The fraction of sp³-hybridized carbons (Fsp3) is 0.0667. The fourth-order valence-electron chi connectivity index (χ4n) is 1.85. The predicted molar refractivity (Wildman–Crippen MR) is 79.7 cm³/mol. The first-order valence-corrected chi connectivity index (χ1v) is 6.73. The molecule has 3 rings (SSSR count). The third kappa shape index (κ3) is 2.48. The molecule has 0 aliphatic heterocycles. The van der Waals surface area contributed by atoms with Crippen LogP contribution in [-0.2, 0) is 0 Å². The second-order valence-corrected chi connectivity index (χ2v) is 5.44. The zero-order valence-electron chi connectivity index (χ0n) is 10.4. The first-order chi connectivity index (χ1) is 9.22. The van der Waals surface area contributed by atoms with Crippen LogP contribution in [0.3, 0.4) is 0 Å². The average Bonchev–Trinajstić information content (AvgIpc) is 2.77. The van der Waals surface area contributed by atoms with Crippen molar-refractivity contribution >= 4 is 33.5 Å². The number of nitrogens with zero attached hydrogens (tertiary/aromatic N) is 2. The number of rotatable bonds is 2. The largest absolute Gasteiger partial charge is 0.507 e. The molecule has 4 heteroatoms. The van der Waals surface area contributed by atoms with Crippen LogP contribution in [0.5, 0.6) is 5.75 Å². The van der Waals surface area contributed by atoms with Gasteiger partial charge in [-0.1, -0.05) is 12.1 Å². The first kappa shape index (κ1) is 11.9. The molecule has 0 saturated heterocycles. The van der Waals surface area contributed by atoms with Crippen molar-refractivity contribution in [3.63, 3.8) is 0 Å². The molecular weight excluding hydrogens is 256 g/mol. The van der Waals surface area contributed by atoms with E-state index < -0.39 is 0 Å². The number of aromatic nitrogens is 1. The molecule has 0 saturated carbocycles. The maximum absolute atomic E-state index is 9.66. The summed E-state index contributed by atoms with van der Waals surface area (Å²) in [5, 5.41) is 10.7. The van der Waals surface area contributed by atoms with Crippen molar-refractivity contribution in [2.45, 2.75) is 6.92 Å². The maximum atomic E-state index is 9.66. The Morgan fingerprint density at radius 2 is 2.05 bits per heavy atom. The summed E-state index contributed by atoms with van der Waals surface area (Å²) in [6.07, 6.45) is 1.66. The Hall–Kier alpha value is -2.20. The van der Waals surface area contributed by atoms with Crippen LogP contribution in [0.2, 0.25) is 0 Å². The molecule has 1 heterocycles. The Labute approximate surface area is 114 Å². The molecule has 0 aliphatic carbocycles. The minimum absolute atomic E-state index is 0.233. The third-order valence-corrected chi connectivity index (χ3v) is 3.72. The Morgan fingerprint density at radius 3 is 2.89 bits per heavy atom. The molecule has 0 atom stereocenters. The van der Waals surface area contributed by atoms with Crippen LogP contribution < -0.4 is 0 Å². The molecule has 2 aromatic carbocycles. The zero-order chi connectivity index (χ0) is 13.2. The average molecular weight is 268 g/mol. The Kier molecular flexibility index (Phi) is 3.01. The van der Waals surface area contributed by atoms with E-state index in [0.29, 0.717) is 5.56 Å². The van der Waals surface area contributed by atoms with Gasteiger partial charge in [-0.25, -0.2) is 4.98 Å². The summed E-state index contributed by atoms with van der Waals surface area (Å²) in [4.78, 5) is 8.82. The Balaban J connectivity index is 1.94. The van der Waals surface area contributed by atoms with Gasteiger partial charge in [0.05, 0.1) is 20.9 Å². The summed E-state index contributed by atoms with van der Waals surface area (Å²) in [5.41, 5.74) is 2.51. The number of hydrogen-bond acceptors (Lipinski definition) is 4. The second-order valence-electron chi connectivity index (χ2n) is 4.20. The summed E-state index contributed by atoms with van der Waals surface area (Å²) < 4.78 is 1.17. The molecule has 0 bridgehead atoms. The lowest BCUT2D eigenvalue weighted by Gasteiger charge is -1.97. The normalized spacial score (nSPS) is 11.4. The van der Waals surface area contributed by atoms with Gasteiger partial charge >= 0.3 is 0 Å². The van der Waals surface area contributed by atoms with E-state index in [0.717, 1.165) is 16.2 Å². The molecule has 1 aromatic heterocycles. The van der Waals surface area contributed by atoms with Gasteiger partial charge in [0.2, 0.25) is 0 Å². The van der Waals surface area contributed by atoms with Crippen molar-refractivity contribution < 1.29 is 5.11 Å². The van der Waals surface area contributed by atoms with Crippen LogP contribution in [0.4, 0.5) is 5.69 Å². The summed E-state index contributed by atoms with van der Waals surface area (Å²) in [5.74, 6) is 0.233. The van der Waals surface area contributed by atoms with Crippen LogP contribution in [0.25, 0.3) is 10.2 Å². The Bertz CT molecular complexity index is 762. The van der Waals surface area contributed by atoms with E-state index in [-0.39, 0.29) is 5.75 Å². The highest BCUT2D eigenvalue weighted by atomic mass is 32.1. The van der Waals surface area contributed by atoms with Gasteiger partial charge in [-0.3, -0.25) is 4.99 Å². The van der Waals surface area contributed by atoms with Crippen molar-refractivity contribution in [2.75, 3.05) is 0 Å². The summed E-state index contributed by atoms with van der Waals surface area (Å²) in [7, 11) is 0. The van der Waals surface area contributed by atoms with E-state index in [2.05, 4.69) is 9.98 Å². The van der Waals surface area contributed by atoms with Crippen molar-refractivity contribution in [1.29, 1.82) is 0 Å². The lowest BCUT2D eigenvalue weighted by Crippen LogP contribution is -1.80. The molecular formula is C15H12N2OS. The monoisotopic (exact) mass is 268 g/mol. The van der Waals surface area contributed by atoms with E-state index in [1.807, 2.05) is 37.3 Å². The molecule has 94 valence electrons. The lowest BCUT2D eigenvalue weighted by molar-refractivity contribution is 0.474. The quantitative estimate of drug-likeness (QED) is 0.712. The second kappa shape index (κ2) is 4.82. The molecule has 0 fully saturated rings. The van der Waals surface area contributed by atoms with Crippen molar-refractivity contribution in [3.8, 4) is 5.75 Å². The van der Waals surface area contributed by atoms with E-state index in [9.17, 15) is 5.11 Å². The van der Waals surface area contributed by atoms with Crippen LogP contribution in [0, 0.1) is 6.92 Å². The number of aliphatic imine (C=N–C) groups is 1. The minimum Gasteiger partial charge on any atom is -0.507 e. The number of aryl methyl sites for hydroxylation is 1. The molecule has 0 amide bonds.